The van der Waals surface area contributed by atoms with E-state index in [0.29, 0.717) is 10.2 Å². The summed E-state index contributed by atoms with van der Waals surface area (Å²) in [5, 5.41) is 5.11. The molecule has 0 saturated heterocycles. The standard InChI is InChI=1S/C15H11BrFN3/c16-12-7-9(1-2-13(12)17)20-15-4-3-14(18)10-5-6-19-8-11(10)15/h1-8,20H,18H2. The van der Waals surface area contributed by atoms with Gasteiger partial charge < -0.3 is 11.1 Å². The third-order valence-corrected chi connectivity index (χ3v) is 3.66. The summed E-state index contributed by atoms with van der Waals surface area (Å²) in [5.74, 6) is -0.292. The number of nitrogens with zero attached hydrogens (tertiary/aromatic N) is 1. The van der Waals surface area contributed by atoms with Crippen molar-refractivity contribution in [3.8, 4) is 0 Å². The molecule has 5 heteroatoms. The second kappa shape index (κ2) is 5.09. The van der Waals surface area contributed by atoms with Crippen LogP contribution < -0.4 is 11.1 Å². The Hall–Kier alpha value is -2.14. The van der Waals surface area contributed by atoms with Crippen molar-refractivity contribution >= 4 is 43.8 Å². The summed E-state index contributed by atoms with van der Waals surface area (Å²) in [4.78, 5) is 4.12. The number of halogens is 2. The highest BCUT2D eigenvalue weighted by Crippen LogP contribution is 2.30. The zero-order valence-electron chi connectivity index (χ0n) is 10.4. The molecular formula is C15H11BrFN3. The maximum absolute atomic E-state index is 13.2. The number of fused-ring (bicyclic) bond motifs is 1. The van der Waals surface area contributed by atoms with Crippen molar-refractivity contribution in [2.45, 2.75) is 0 Å². The van der Waals surface area contributed by atoms with Crippen molar-refractivity contribution in [1.82, 2.24) is 4.98 Å². The fraction of sp³-hybridized carbons (Fsp3) is 0. The highest BCUT2D eigenvalue weighted by atomic mass is 79.9. The minimum atomic E-state index is -0.292. The molecule has 1 aromatic heterocycles. The van der Waals surface area contributed by atoms with E-state index in [1.165, 1.54) is 6.07 Å². The first kappa shape index (κ1) is 12.9. The van der Waals surface area contributed by atoms with Crippen molar-refractivity contribution in [1.29, 1.82) is 0 Å². The maximum atomic E-state index is 13.2. The van der Waals surface area contributed by atoms with E-state index in [-0.39, 0.29) is 5.82 Å². The quantitative estimate of drug-likeness (QED) is 0.681. The van der Waals surface area contributed by atoms with Crippen LogP contribution in [-0.4, -0.2) is 4.98 Å². The van der Waals surface area contributed by atoms with E-state index >= 15 is 0 Å². The number of pyridine rings is 1. The molecule has 0 spiro atoms. The molecule has 100 valence electrons. The highest BCUT2D eigenvalue weighted by molar-refractivity contribution is 9.10. The van der Waals surface area contributed by atoms with Gasteiger partial charge >= 0.3 is 0 Å². The van der Waals surface area contributed by atoms with Gasteiger partial charge in [-0.1, -0.05) is 0 Å². The van der Waals surface area contributed by atoms with Gasteiger partial charge in [-0.3, -0.25) is 4.98 Å². The van der Waals surface area contributed by atoms with E-state index in [4.69, 9.17) is 5.73 Å². The summed E-state index contributed by atoms with van der Waals surface area (Å²) >= 11 is 3.17. The molecular weight excluding hydrogens is 321 g/mol. The third-order valence-electron chi connectivity index (χ3n) is 3.05. The lowest BCUT2D eigenvalue weighted by molar-refractivity contribution is 0.621. The van der Waals surface area contributed by atoms with E-state index in [9.17, 15) is 4.39 Å². The number of benzene rings is 2. The Labute approximate surface area is 123 Å². The topological polar surface area (TPSA) is 50.9 Å². The molecule has 0 fully saturated rings. The summed E-state index contributed by atoms with van der Waals surface area (Å²) in [7, 11) is 0. The maximum Gasteiger partial charge on any atom is 0.137 e. The molecule has 0 aliphatic carbocycles. The molecule has 3 N–H and O–H groups in total. The van der Waals surface area contributed by atoms with Gasteiger partial charge in [-0.25, -0.2) is 4.39 Å². The summed E-state index contributed by atoms with van der Waals surface area (Å²) in [6, 6.07) is 10.4. The van der Waals surface area contributed by atoms with Crippen molar-refractivity contribution in [2.75, 3.05) is 11.1 Å². The molecule has 20 heavy (non-hydrogen) atoms. The van der Waals surface area contributed by atoms with E-state index in [2.05, 4.69) is 26.2 Å². The number of nitrogens with one attached hydrogen (secondary N) is 1. The van der Waals surface area contributed by atoms with Crippen LogP contribution in [0.3, 0.4) is 0 Å². The van der Waals surface area contributed by atoms with Crippen molar-refractivity contribution < 1.29 is 4.39 Å². The van der Waals surface area contributed by atoms with E-state index in [0.717, 1.165) is 22.1 Å². The second-order valence-electron chi connectivity index (χ2n) is 4.38. The van der Waals surface area contributed by atoms with E-state index in [1.54, 1.807) is 24.5 Å². The van der Waals surface area contributed by atoms with Crippen LogP contribution in [0.5, 0.6) is 0 Å². The van der Waals surface area contributed by atoms with Crippen LogP contribution in [0.15, 0.2) is 53.3 Å². The Kier molecular flexibility index (Phi) is 3.28. The normalized spacial score (nSPS) is 10.7. The van der Waals surface area contributed by atoms with Gasteiger partial charge in [0.1, 0.15) is 5.82 Å². The number of nitrogens with two attached hydrogens (primary N) is 1. The second-order valence-corrected chi connectivity index (χ2v) is 5.23. The Balaban J connectivity index is 2.06. The molecule has 3 rings (SSSR count). The minimum absolute atomic E-state index is 0.292. The molecule has 0 bridgehead atoms. The van der Waals surface area contributed by atoms with Crippen LogP contribution >= 0.6 is 15.9 Å². The minimum Gasteiger partial charge on any atom is -0.398 e. The summed E-state index contributed by atoms with van der Waals surface area (Å²) in [6.45, 7) is 0. The fourth-order valence-electron chi connectivity index (χ4n) is 2.05. The number of hydrogen-bond donors (Lipinski definition) is 2. The Bertz CT molecular complexity index is 789. The molecule has 0 unspecified atom stereocenters. The summed E-state index contributed by atoms with van der Waals surface area (Å²) in [5.41, 5.74) is 8.31. The number of anilines is 3. The average molecular weight is 332 g/mol. The highest BCUT2D eigenvalue weighted by Gasteiger charge is 2.06. The molecule has 0 amide bonds. The Morgan fingerprint density at radius 3 is 2.75 bits per heavy atom. The molecule has 2 aromatic carbocycles. The van der Waals surface area contributed by atoms with Crippen LogP contribution in [0.4, 0.5) is 21.5 Å². The van der Waals surface area contributed by atoms with Gasteiger partial charge in [0.15, 0.2) is 0 Å². The number of aromatic nitrogens is 1. The molecule has 3 nitrogen and oxygen atoms in total. The predicted molar refractivity (Wildman–Crippen MR) is 83.5 cm³/mol. The molecule has 0 saturated carbocycles. The largest absolute Gasteiger partial charge is 0.398 e. The lowest BCUT2D eigenvalue weighted by atomic mass is 10.1. The first-order chi connectivity index (χ1) is 9.65. The fourth-order valence-corrected chi connectivity index (χ4v) is 2.43. The predicted octanol–water partition coefficient (Wildman–Crippen LogP) is 4.46. The zero-order valence-corrected chi connectivity index (χ0v) is 12.0. The van der Waals surface area contributed by atoms with E-state index < -0.39 is 0 Å². The Morgan fingerprint density at radius 2 is 1.95 bits per heavy atom. The van der Waals surface area contributed by atoms with Crippen molar-refractivity contribution in [3.05, 3.63) is 59.1 Å². The van der Waals surface area contributed by atoms with Crippen LogP contribution in [0.2, 0.25) is 0 Å². The summed E-state index contributed by atoms with van der Waals surface area (Å²) in [6.07, 6.45) is 3.46. The van der Waals surface area contributed by atoms with Crippen LogP contribution in [0.25, 0.3) is 10.8 Å². The number of nitrogen functional groups attached to an aromatic ring is 1. The SMILES string of the molecule is Nc1ccc(Nc2ccc(F)c(Br)c2)c2cnccc12. The molecule has 0 aliphatic heterocycles. The molecule has 0 atom stereocenters. The van der Waals surface area contributed by atoms with Gasteiger partial charge in [0, 0.05) is 40.2 Å². The van der Waals surface area contributed by atoms with Crippen LogP contribution in [0.1, 0.15) is 0 Å². The average Bonchev–Trinajstić information content (AvgIpc) is 2.46. The Morgan fingerprint density at radius 1 is 1.10 bits per heavy atom. The lowest BCUT2D eigenvalue weighted by Gasteiger charge is -2.11. The summed E-state index contributed by atoms with van der Waals surface area (Å²) < 4.78 is 13.7. The van der Waals surface area contributed by atoms with Gasteiger partial charge in [-0.2, -0.15) is 0 Å². The van der Waals surface area contributed by atoms with Crippen molar-refractivity contribution in [2.24, 2.45) is 0 Å². The number of hydrogen-bond acceptors (Lipinski definition) is 3. The lowest BCUT2D eigenvalue weighted by Crippen LogP contribution is -1.95. The first-order valence-corrected chi connectivity index (χ1v) is 6.79. The molecule has 3 aromatic rings. The van der Waals surface area contributed by atoms with Gasteiger partial charge in [0.05, 0.1) is 4.47 Å². The molecule has 0 aliphatic rings. The van der Waals surface area contributed by atoms with Gasteiger partial charge in [0.25, 0.3) is 0 Å². The van der Waals surface area contributed by atoms with Crippen LogP contribution in [0, 0.1) is 5.82 Å². The smallest absolute Gasteiger partial charge is 0.137 e. The third kappa shape index (κ3) is 2.32. The molecule has 0 radical (unpaired) electrons. The number of rotatable bonds is 2. The molecule has 1 heterocycles. The first-order valence-electron chi connectivity index (χ1n) is 5.99. The van der Waals surface area contributed by atoms with E-state index in [1.807, 2.05) is 18.2 Å². The van der Waals surface area contributed by atoms with Crippen LogP contribution in [-0.2, 0) is 0 Å². The van der Waals surface area contributed by atoms with Gasteiger partial charge in [-0.05, 0) is 52.3 Å². The zero-order chi connectivity index (χ0) is 14.1. The van der Waals surface area contributed by atoms with Crippen molar-refractivity contribution in [3.63, 3.8) is 0 Å². The monoisotopic (exact) mass is 331 g/mol. The van der Waals surface area contributed by atoms with Gasteiger partial charge in [0.2, 0.25) is 0 Å². The van der Waals surface area contributed by atoms with Gasteiger partial charge in [-0.15, -0.1) is 0 Å².